The number of carbonyl (C=O) groups excluding carboxylic acids is 1. The number of imidazole rings is 1. The van der Waals surface area contributed by atoms with Crippen LogP contribution in [0.4, 0.5) is 0 Å². The molecule has 3 heterocycles. The molecule has 0 spiro atoms. The monoisotopic (exact) mass is 303 g/mol. The average Bonchev–Trinajstić information content (AvgIpc) is 3.14. The number of aryl methyl sites for hydroxylation is 1. The van der Waals surface area contributed by atoms with Gasteiger partial charge in [0.2, 0.25) is 5.91 Å². The number of H-pyrrole nitrogens is 1. The van der Waals surface area contributed by atoms with E-state index in [1.807, 2.05) is 35.3 Å². The maximum atomic E-state index is 11.9. The SMILES string of the molecule is CC(NC(=O)CCCc1cn[nH]c1)c1cn2ccsc2n1. The summed E-state index contributed by atoms with van der Waals surface area (Å²) in [5.74, 6) is 0.0577. The van der Waals surface area contributed by atoms with Crippen molar-refractivity contribution in [2.24, 2.45) is 0 Å². The van der Waals surface area contributed by atoms with Crippen LogP contribution >= 0.6 is 11.3 Å². The Labute approximate surface area is 126 Å². The van der Waals surface area contributed by atoms with Crippen LogP contribution < -0.4 is 5.32 Å². The Morgan fingerprint density at radius 3 is 3.24 bits per heavy atom. The molecule has 0 aromatic carbocycles. The maximum absolute atomic E-state index is 11.9. The van der Waals surface area contributed by atoms with Gasteiger partial charge in [-0.15, -0.1) is 11.3 Å². The number of nitrogens with zero attached hydrogens (tertiary/aromatic N) is 3. The van der Waals surface area contributed by atoms with Crippen molar-refractivity contribution in [2.45, 2.75) is 32.2 Å². The first kappa shape index (κ1) is 13.8. The van der Waals surface area contributed by atoms with Crippen molar-refractivity contribution in [3.05, 3.63) is 41.4 Å². The topological polar surface area (TPSA) is 75.1 Å². The molecule has 7 heteroatoms. The van der Waals surface area contributed by atoms with Crippen molar-refractivity contribution in [3.8, 4) is 0 Å². The van der Waals surface area contributed by atoms with Crippen LogP contribution in [0.5, 0.6) is 0 Å². The zero-order valence-electron chi connectivity index (χ0n) is 11.7. The average molecular weight is 303 g/mol. The Hall–Kier alpha value is -2.15. The largest absolute Gasteiger partial charge is 0.348 e. The van der Waals surface area contributed by atoms with Gasteiger partial charge in [-0.05, 0) is 25.3 Å². The standard InChI is InChI=1S/C14H17N5OS/c1-10(12-9-19-5-6-21-14(19)18-12)17-13(20)4-2-3-11-7-15-16-8-11/h5-10H,2-4H2,1H3,(H,15,16)(H,17,20). The van der Waals surface area contributed by atoms with Crippen molar-refractivity contribution in [2.75, 3.05) is 0 Å². The number of thiazole rings is 1. The van der Waals surface area contributed by atoms with Crippen LogP contribution in [0.3, 0.4) is 0 Å². The van der Waals surface area contributed by atoms with E-state index in [1.165, 1.54) is 0 Å². The van der Waals surface area contributed by atoms with Crippen molar-refractivity contribution >= 4 is 22.2 Å². The van der Waals surface area contributed by atoms with Crippen LogP contribution in [0.25, 0.3) is 4.96 Å². The van der Waals surface area contributed by atoms with Crippen LogP contribution in [-0.2, 0) is 11.2 Å². The normalized spacial score (nSPS) is 12.6. The molecule has 3 aromatic rings. The molecule has 1 atom stereocenters. The smallest absolute Gasteiger partial charge is 0.220 e. The number of hydrogen-bond donors (Lipinski definition) is 2. The lowest BCUT2D eigenvalue weighted by Crippen LogP contribution is -2.26. The quantitative estimate of drug-likeness (QED) is 0.734. The predicted molar refractivity (Wildman–Crippen MR) is 81.2 cm³/mol. The lowest BCUT2D eigenvalue weighted by atomic mass is 10.1. The lowest BCUT2D eigenvalue weighted by molar-refractivity contribution is -0.121. The minimum atomic E-state index is -0.0708. The molecule has 0 fully saturated rings. The molecule has 0 aliphatic heterocycles. The van der Waals surface area contributed by atoms with Gasteiger partial charge in [0, 0.05) is 30.4 Å². The van der Waals surface area contributed by atoms with Crippen LogP contribution in [0, 0.1) is 0 Å². The third-order valence-corrected chi connectivity index (χ3v) is 4.13. The predicted octanol–water partition coefficient (Wildman–Crippen LogP) is 2.32. The molecule has 0 radical (unpaired) electrons. The van der Waals surface area contributed by atoms with E-state index in [9.17, 15) is 4.79 Å². The molecule has 3 rings (SSSR count). The molecule has 0 aliphatic carbocycles. The summed E-state index contributed by atoms with van der Waals surface area (Å²) < 4.78 is 1.97. The summed E-state index contributed by atoms with van der Waals surface area (Å²) in [6.07, 6.45) is 9.77. The van der Waals surface area contributed by atoms with Gasteiger partial charge in [0.05, 0.1) is 17.9 Å². The van der Waals surface area contributed by atoms with E-state index in [0.717, 1.165) is 29.1 Å². The Morgan fingerprint density at radius 1 is 1.57 bits per heavy atom. The Bertz CT molecular complexity index is 686. The van der Waals surface area contributed by atoms with Crippen molar-refractivity contribution in [1.29, 1.82) is 0 Å². The van der Waals surface area contributed by atoms with Gasteiger partial charge in [-0.1, -0.05) is 0 Å². The summed E-state index contributed by atoms with van der Waals surface area (Å²) in [4.78, 5) is 17.4. The number of fused-ring (bicyclic) bond motifs is 1. The highest BCUT2D eigenvalue weighted by molar-refractivity contribution is 7.15. The van der Waals surface area contributed by atoms with Gasteiger partial charge in [-0.3, -0.25) is 14.3 Å². The molecule has 6 nitrogen and oxygen atoms in total. The Kier molecular flexibility index (Phi) is 4.01. The third-order valence-electron chi connectivity index (χ3n) is 3.36. The molecule has 110 valence electrons. The van der Waals surface area contributed by atoms with Gasteiger partial charge in [0.25, 0.3) is 0 Å². The molecule has 2 N–H and O–H groups in total. The van der Waals surface area contributed by atoms with Gasteiger partial charge in [0.15, 0.2) is 4.96 Å². The summed E-state index contributed by atoms with van der Waals surface area (Å²) in [5, 5.41) is 11.6. The highest BCUT2D eigenvalue weighted by Crippen LogP contribution is 2.16. The van der Waals surface area contributed by atoms with Gasteiger partial charge < -0.3 is 5.32 Å². The number of nitrogens with one attached hydrogen (secondary N) is 2. The molecular weight excluding hydrogens is 286 g/mol. The zero-order chi connectivity index (χ0) is 14.7. The number of rotatable bonds is 6. The van der Waals surface area contributed by atoms with Crippen molar-refractivity contribution < 1.29 is 4.79 Å². The molecule has 3 aromatic heterocycles. The molecule has 1 amide bonds. The number of amides is 1. The fraction of sp³-hybridized carbons (Fsp3) is 0.357. The minimum absolute atomic E-state index is 0.0577. The van der Waals surface area contributed by atoms with Gasteiger partial charge in [-0.2, -0.15) is 5.10 Å². The van der Waals surface area contributed by atoms with Crippen molar-refractivity contribution in [3.63, 3.8) is 0 Å². The second kappa shape index (κ2) is 6.09. The molecular formula is C14H17N5OS. The van der Waals surface area contributed by atoms with Gasteiger partial charge in [0.1, 0.15) is 0 Å². The van der Waals surface area contributed by atoms with Crippen LogP contribution in [-0.4, -0.2) is 25.5 Å². The van der Waals surface area contributed by atoms with E-state index in [0.29, 0.717) is 6.42 Å². The van der Waals surface area contributed by atoms with Gasteiger partial charge in [-0.25, -0.2) is 4.98 Å². The maximum Gasteiger partial charge on any atom is 0.220 e. The zero-order valence-corrected chi connectivity index (χ0v) is 12.6. The molecule has 1 unspecified atom stereocenters. The van der Waals surface area contributed by atoms with E-state index in [4.69, 9.17) is 0 Å². The molecule has 0 saturated heterocycles. The first-order valence-corrected chi connectivity index (χ1v) is 7.79. The summed E-state index contributed by atoms with van der Waals surface area (Å²) in [6.45, 7) is 1.96. The van der Waals surface area contributed by atoms with Crippen LogP contribution in [0.1, 0.15) is 37.1 Å². The second-order valence-corrected chi connectivity index (χ2v) is 5.88. The molecule has 0 bridgehead atoms. The first-order chi connectivity index (χ1) is 10.2. The van der Waals surface area contributed by atoms with E-state index < -0.39 is 0 Å². The Morgan fingerprint density at radius 2 is 2.48 bits per heavy atom. The number of aromatic nitrogens is 4. The number of aromatic amines is 1. The van der Waals surface area contributed by atoms with Crippen LogP contribution in [0.15, 0.2) is 30.2 Å². The number of carbonyl (C=O) groups is 1. The second-order valence-electron chi connectivity index (χ2n) is 5.01. The first-order valence-electron chi connectivity index (χ1n) is 6.91. The minimum Gasteiger partial charge on any atom is -0.348 e. The highest BCUT2D eigenvalue weighted by Gasteiger charge is 2.13. The fourth-order valence-corrected chi connectivity index (χ4v) is 2.92. The van der Waals surface area contributed by atoms with E-state index in [2.05, 4.69) is 20.5 Å². The fourth-order valence-electron chi connectivity index (χ4n) is 2.21. The van der Waals surface area contributed by atoms with E-state index in [1.54, 1.807) is 17.5 Å². The summed E-state index contributed by atoms with van der Waals surface area (Å²) >= 11 is 1.59. The molecule has 0 saturated carbocycles. The third kappa shape index (κ3) is 3.30. The van der Waals surface area contributed by atoms with Gasteiger partial charge >= 0.3 is 0 Å². The van der Waals surface area contributed by atoms with E-state index in [-0.39, 0.29) is 11.9 Å². The lowest BCUT2D eigenvalue weighted by Gasteiger charge is -2.11. The van der Waals surface area contributed by atoms with Crippen LogP contribution in [0.2, 0.25) is 0 Å². The summed E-state index contributed by atoms with van der Waals surface area (Å²) in [5.41, 5.74) is 2.02. The molecule has 21 heavy (non-hydrogen) atoms. The highest BCUT2D eigenvalue weighted by atomic mass is 32.1. The number of hydrogen-bond acceptors (Lipinski definition) is 4. The summed E-state index contributed by atoms with van der Waals surface area (Å²) in [7, 11) is 0. The molecule has 0 aliphatic rings. The summed E-state index contributed by atoms with van der Waals surface area (Å²) in [6, 6.07) is -0.0708. The van der Waals surface area contributed by atoms with E-state index >= 15 is 0 Å². The Balaban J connectivity index is 1.48. The van der Waals surface area contributed by atoms with Crippen molar-refractivity contribution in [1.82, 2.24) is 24.9 Å².